The Bertz CT molecular complexity index is 1050. The van der Waals surface area contributed by atoms with E-state index in [1.165, 1.54) is 16.4 Å². The third-order valence-corrected chi connectivity index (χ3v) is 7.82. The van der Waals surface area contributed by atoms with Gasteiger partial charge in [-0.2, -0.15) is 4.31 Å². The van der Waals surface area contributed by atoms with Gasteiger partial charge in [-0.25, -0.2) is 8.42 Å². The van der Waals surface area contributed by atoms with Gasteiger partial charge in [0.1, 0.15) is 13.2 Å². The first kappa shape index (κ1) is 21.9. The highest BCUT2D eigenvalue weighted by Crippen LogP contribution is 2.31. The minimum Gasteiger partial charge on any atom is -0.486 e. The maximum Gasteiger partial charge on any atom is 0.243 e. The normalized spacial score (nSPS) is 17.4. The van der Waals surface area contributed by atoms with Gasteiger partial charge in [0.2, 0.25) is 15.9 Å². The van der Waals surface area contributed by atoms with Crippen molar-refractivity contribution in [1.29, 1.82) is 0 Å². The summed E-state index contributed by atoms with van der Waals surface area (Å²) in [5, 5.41) is 0.490. The number of halogens is 1. The Morgan fingerprint density at radius 2 is 1.71 bits per heavy atom. The highest BCUT2D eigenvalue weighted by atomic mass is 35.5. The van der Waals surface area contributed by atoms with Gasteiger partial charge in [-0.3, -0.25) is 4.79 Å². The number of hydrogen-bond donors (Lipinski definition) is 0. The van der Waals surface area contributed by atoms with Crippen LogP contribution in [0.1, 0.15) is 18.4 Å². The van der Waals surface area contributed by atoms with Crippen molar-refractivity contribution in [1.82, 2.24) is 9.21 Å². The Morgan fingerprint density at radius 3 is 2.39 bits per heavy atom. The summed E-state index contributed by atoms with van der Waals surface area (Å²) in [6, 6.07) is 11.8. The van der Waals surface area contributed by atoms with Crippen LogP contribution in [-0.2, 0) is 21.4 Å². The SMILES string of the molecule is CN(Cc1ccc2c(c1)OCCO2)C(=O)C1CCN(S(=O)(=O)c2ccc(Cl)cc2)CC1. The van der Waals surface area contributed by atoms with Crippen molar-refractivity contribution in [3.8, 4) is 11.5 Å². The number of hydrogen-bond acceptors (Lipinski definition) is 5. The zero-order valence-corrected chi connectivity index (χ0v) is 18.9. The number of carbonyl (C=O) groups excluding carboxylic acids is 1. The average Bonchev–Trinajstić information content (AvgIpc) is 2.79. The predicted octanol–water partition coefficient (Wildman–Crippen LogP) is 3.17. The second kappa shape index (κ2) is 9.06. The first-order valence-electron chi connectivity index (χ1n) is 10.2. The van der Waals surface area contributed by atoms with Crippen LogP contribution in [0.15, 0.2) is 47.4 Å². The summed E-state index contributed by atoms with van der Waals surface area (Å²) in [6.45, 7) is 2.15. The number of sulfonamides is 1. The molecule has 0 atom stereocenters. The molecule has 0 bridgehead atoms. The van der Waals surface area contributed by atoms with Gasteiger partial charge in [0, 0.05) is 37.6 Å². The van der Waals surface area contributed by atoms with Crippen LogP contribution < -0.4 is 9.47 Å². The molecule has 1 fully saturated rings. The van der Waals surface area contributed by atoms with Gasteiger partial charge < -0.3 is 14.4 Å². The molecule has 0 radical (unpaired) electrons. The van der Waals surface area contributed by atoms with Crippen molar-refractivity contribution >= 4 is 27.5 Å². The summed E-state index contributed by atoms with van der Waals surface area (Å²) < 4.78 is 38.3. The van der Waals surface area contributed by atoms with Crippen molar-refractivity contribution in [2.45, 2.75) is 24.3 Å². The number of fused-ring (bicyclic) bond motifs is 1. The van der Waals surface area contributed by atoms with E-state index in [4.69, 9.17) is 21.1 Å². The fourth-order valence-electron chi connectivity index (χ4n) is 3.95. The van der Waals surface area contributed by atoms with Crippen LogP contribution in [0.5, 0.6) is 11.5 Å². The Balaban J connectivity index is 1.35. The molecule has 0 aliphatic carbocycles. The van der Waals surface area contributed by atoms with E-state index >= 15 is 0 Å². The lowest BCUT2D eigenvalue weighted by Crippen LogP contribution is -2.43. The van der Waals surface area contributed by atoms with Crippen molar-refractivity contribution in [3.63, 3.8) is 0 Å². The molecule has 2 aromatic rings. The zero-order valence-electron chi connectivity index (χ0n) is 17.3. The van der Waals surface area contributed by atoms with E-state index in [0.717, 1.165) is 11.3 Å². The van der Waals surface area contributed by atoms with Crippen molar-refractivity contribution in [2.24, 2.45) is 5.92 Å². The lowest BCUT2D eigenvalue weighted by molar-refractivity contribution is -0.135. The third-order valence-electron chi connectivity index (χ3n) is 5.66. The first-order chi connectivity index (χ1) is 14.8. The van der Waals surface area contributed by atoms with Crippen LogP contribution in [0.4, 0.5) is 0 Å². The maximum atomic E-state index is 12.9. The van der Waals surface area contributed by atoms with Gasteiger partial charge in [0.25, 0.3) is 0 Å². The third kappa shape index (κ3) is 4.81. The lowest BCUT2D eigenvalue weighted by Gasteiger charge is -2.32. The summed E-state index contributed by atoms with van der Waals surface area (Å²) in [4.78, 5) is 14.9. The molecule has 0 unspecified atom stereocenters. The quantitative estimate of drug-likeness (QED) is 0.679. The Kier molecular flexibility index (Phi) is 6.41. The van der Waals surface area contributed by atoms with Crippen LogP contribution in [0.25, 0.3) is 0 Å². The summed E-state index contributed by atoms with van der Waals surface area (Å²) >= 11 is 5.86. The molecule has 1 amide bonds. The van der Waals surface area contributed by atoms with Crippen molar-refractivity contribution < 1.29 is 22.7 Å². The van der Waals surface area contributed by atoms with Gasteiger partial charge in [-0.05, 0) is 54.8 Å². The second-order valence-electron chi connectivity index (χ2n) is 7.80. The topological polar surface area (TPSA) is 76.2 Å². The van der Waals surface area contributed by atoms with Gasteiger partial charge in [-0.1, -0.05) is 17.7 Å². The van der Waals surface area contributed by atoms with E-state index in [0.29, 0.717) is 56.5 Å². The molecule has 2 heterocycles. The number of rotatable bonds is 5. The average molecular weight is 465 g/mol. The summed E-state index contributed by atoms with van der Waals surface area (Å²) in [5.41, 5.74) is 0.961. The molecule has 31 heavy (non-hydrogen) atoms. The molecule has 166 valence electrons. The molecule has 7 nitrogen and oxygen atoms in total. The lowest BCUT2D eigenvalue weighted by atomic mass is 9.96. The molecule has 2 aromatic carbocycles. The Morgan fingerprint density at radius 1 is 1.06 bits per heavy atom. The number of ether oxygens (including phenoxy) is 2. The summed E-state index contributed by atoms with van der Waals surface area (Å²) in [5.74, 6) is 1.25. The molecule has 9 heteroatoms. The molecule has 0 saturated carbocycles. The molecular weight excluding hydrogens is 440 g/mol. The molecule has 2 aliphatic rings. The van der Waals surface area contributed by atoms with Crippen LogP contribution in [-0.4, -0.2) is 56.9 Å². The minimum atomic E-state index is -3.58. The van der Waals surface area contributed by atoms with Crippen molar-refractivity contribution in [3.05, 3.63) is 53.1 Å². The molecule has 1 saturated heterocycles. The summed E-state index contributed by atoms with van der Waals surface area (Å²) in [6.07, 6.45) is 0.994. The van der Waals surface area contributed by atoms with Crippen molar-refractivity contribution in [2.75, 3.05) is 33.4 Å². The fourth-order valence-corrected chi connectivity index (χ4v) is 5.54. The Hall–Kier alpha value is -2.29. The van der Waals surface area contributed by atoms with E-state index in [2.05, 4.69) is 0 Å². The van der Waals surface area contributed by atoms with E-state index < -0.39 is 10.0 Å². The molecule has 0 N–H and O–H groups in total. The largest absolute Gasteiger partial charge is 0.486 e. The first-order valence-corrected chi connectivity index (χ1v) is 12.1. The monoisotopic (exact) mass is 464 g/mol. The smallest absolute Gasteiger partial charge is 0.243 e. The number of amides is 1. The predicted molar refractivity (Wildman–Crippen MR) is 117 cm³/mol. The highest BCUT2D eigenvalue weighted by molar-refractivity contribution is 7.89. The van der Waals surface area contributed by atoms with Crippen LogP contribution in [0.2, 0.25) is 5.02 Å². The number of piperidine rings is 1. The van der Waals surface area contributed by atoms with Crippen LogP contribution in [0.3, 0.4) is 0 Å². The number of carbonyl (C=O) groups is 1. The molecule has 0 aromatic heterocycles. The van der Waals surface area contributed by atoms with Gasteiger partial charge in [0.15, 0.2) is 11.5 Å². The second-order valence-corrected chi connectivity index (χ2v) is 10.2. The van der Waals surface area contributed by atoms with Gasteiger partial charge in [0.05, 0.1) is 4.90 Å². The summed E-state index contributed by atoms with van der Waals surface area (Å²) in [7, 11) is -1.81. The highest BCUT2D eigenvalue weighted by Gasteiger charge is 2.33. The van der Waals surface area contributed by atoms with Gasteiger partial charge in [-0.15, -0.1) is 0 Å². The van der Waals surface area contributed by atoms with Gasteiger partial charge >= 0.3 is 0 Å². The minimum absolute atomic E-state index is 0.0263. The molecule has 2 aliphatic heterocycles. The maximum absolute atomic E-state index is 12.9. The number of nitrogens with zero attached hydrogens (tertiary/aromatic N) is 2. The molecular formula is C22H25ClN2O5S. The van der Waals surface area contributed by atoms with E-state index in [-0.39, 0.29) is 16.7 Å². The standard InChI is InChI=1S/C22H25ClN2O5S/c1-24(15-16-2-7-20-21(14-16)30-13-12-29-20)22(26)17-8-10-25(11-9-17)31(27,28)19-5-3-18(23)4-6-19/h2-7,14,17H,8-13,15H2,1H3. The van der Waals surface area contributed by atoms with Crippen LogP contribution in [0, 0.1) is 5.92 Å². The Labute approximate surface area is 187 Å². The van der Waals surface area contributed by atoms with E-state index in [9.17, 15) is 13.2 Å². The molecule has 0 spiro atoms. The van der Waals surface area contributed by atoms with E-state index in [1.54, 1.807) is 24.1 Å². The zero-order chi connectivity index (χ0) is 22.0. The fraction of sp³-hybridized carbons (Fsp3) is 0.409. The number of benzene rings is 2. The molecule has 4 rings (SSSR count). The van der Waals surface area contributed by atoms with E-state index in [1.807, 2.05) is 18.2 Å². The van der Waals surface area contributed by atoms with Crippen LogP contribution >= 0.6 is 11.6 Å².